The van der Waals surface area contributed by atoms with Crippen LogP contribution in [0.3, 0.4) is 0 Å². The molecule has 0 atom stereocenters. The Morgan fingerprint density at radius 3 is 2.52 bits per heavy atom. The maximum atomic E-state index is 13.1. The minimum Gasteiger partial charge on any atom is -0.494 e. The van der Waals surface area contributed by atoms with Gasteiger partial charge in [0.1, 0.15) is 27.7 Å². The van der Waals surface area contributed by atoms with E-state index in [9.17, 15) is 14.7 Å². The van der Waals surface area contributed by atoms with Crippen molar-refractivity contribution in [1.82, 2.24) is 9.55 Å². The molecule has 180 valence electrons. The average Bonchev–Trinajstić information content (AvgIpc) is 2.75. The lowest BCUT2D eigenvalue weighted by atomic mass is 10.1. The van der Waals surface area contributed by atoms with Crippen molar-refractivity contribution in [2.75, 3.05) is 18.5 Å². The SMILES string of the molecule is CCCC(=N)c1nc(C)n(CCCOc2ccc(SC(C)(C)C(=O)O)cc2)c(=O)c1NCC. The van der Waals surface area contributed by atoms with Crippen LogP contribution in [0.25, 0.3) is 0 Å². The summed E-state index contributed by atoms with van der Waals surface area (Å²) in [5, 5.41) is 20.6. The van der Waals surface area contributed by atoms with Crippen LogP contribution >= 0.6 is 11.8 Å². The van der Waals surface area contributed by atoms with E-state index in [1.807, 2.05) is 38.1 Å². The first-order valence-corrected chi connectivity index (χ1v) is 12.0. The molecule has 3 N–H and O–H groups in total. The van der Waals surface area contributed by atoms with Crippen molar-refractivity contribution in [3.05, 3.63) is 46.1 Å². The van der Waals surface area contributed by atoms with Crippen molar-refractivity contribution in [2.45, 2.75) is 70.1 Å². The fourth-order valence-corrected chi connectivity index (χ4v) is 4.15. The Morgan fingerprint density at radius 1 is 1.27 bits per heavy atom. The fraction of sp³-hybridized carbons (Fsp3) is 0.500. The average molecular weight is 475 g/mol. The lowest BCUT2D eigenvalue weighted by Crippen LogP contribution is -2.30. The first-order valence-electron chi connectivity index (χ1n) is 11.2. The van der Waals surface area contributed by atoms with E-state index in [2.05, 4.69) is 10.3 Å². The van der Waals surface area contributed by atoms with E-state index >= 15 is 0 Å². The zero-order valence-electron chi connectivity index (χ0n) is 20.0. The monoisotopic (exact) mass is 474 g/mol. The molecular formula is C24H34N4O4S. The van der Waals surface area contributed by atoms with Gasteiger partial charge < -0.3 is 20.6 Å². The summed E-state index contributed by atoms with van der Waals surface area (Å²) in [6, 6.07) is 7.32. The number of carboxylic acid groups (broad SMARTS) is 1. The van der Waals surface area contributed by atoms with Gasteiger partial charge in [-0.15, -0.1) is 11.8 Å². The summed E-state index contributed by atoms with van der Waals surface area (Å²) in [5.41, 5.74) is 1.04. The maximum absolute atomic E-state index is 13.1. The molecule has 8 nitrogen and oxygen atoms in total. The van der Waals surface area contributed by atoms with Crippen molar-refractivity contribution >= 4 is 29.1 Å². The molecule has 1 aromatic carbocycles. The molecule has 0 radical (unpaired) electrons. The smallest absolute Gasteiger partial charge is 0.319 e. The molecule has 0 amide bonds. The maximum Gasteiger partial charge on any atom is 0.319 e. The van der Waals surface area contributed by atoms with Crippen LogP contribution in [0.15, 0.2) is 34.0 Å². The lowest BCUT2D eigenvalue weighted by molar-refractivity contribution is -0.138. The number of rotatable bonds is 13. The van der Waals surface area contributed by atoms with Gasteiger partial charge in [0.15, 0.2) is 0 Å². The van der Waals surface area contributed by atoms with Gasteiger partial charge in [-0.05, 0) is 64.8 Å². The van der Waals surface area contributed by atoms with Crippen LogP contribution in [-0.2, 0) is 11.3 Å². The van der Waals surface area contributed by atoms with Crippen LogP contribution in [0.5, 0.6) is 5.75 Å². The summed E-state index contributed by atoms with van der Waals surface area (Å²) >= 11 is 1.28. The summed E-state index contributed by atoms with van der Waals surface area (Å²) in [6.07, 6.45) is 2.01. The number of carbonyl (C=O) groups is 1. The Morgan fingerprint density at radius 2 is 1.94 bits per heavy atom. The molecule has 33 heavy (non-hydrogen) atoms. The van der Waals surface area contributed by atoms with Gasteiger partial charge in [-0.1, -0.05) is 13.3 Å². The lowest BCUT2D eigenvalue weighted by Gasteiger charge is -2.18. The third-order valence-corrected chi connectivity index (χ3v) is 6.20. The molecule has 2 rings (SSSR count). The summed E-state index contributed by atoms with van der Waals surface area (Å²) in [4.78, 5) is 29.7. The number of aryl methyl sites for hydroxylation is 1. The van der Waals surface area contributed by atoms with Crippen molar-refractivity contribution in [1.29, 1.82) is 5.41 Å². The van der Waals surface area contributed by atoms with Gasteiger partial charge in [0.05, 0.1) is 12.3 Å². The Kier molecular flexibility index (Phi) is 9.52. The number of anilines is 1. The molecule has 0 bridgehead atoms. The van der Waals surface area contributed by atoms with Gasteiger partial charge in [0.2, 0.25) is 0 Å². The predicted molar refractivity (Wildman–Crippen MR) is 133 cm³/mol. The van der Waals surface area contributed by atoms with Crippen molar-refractivity contribution in [2.24, 2.45) is 0 Å². The Hall–Kier alpha value is -2.81. The Balaban J connectivity index is 2.01. The van der Waals surface area contributed by atoms with E-state index in [0.717, 1.165) is 11.3 Å². The van der Waals surface area contributed by atoms with Crippen molar-refractivity contribution in [3.8, 4) is 5.75 Å². The van der Waals surface area contributed by atoms with E-state index in [1.54, 1.807) is 25.3 Å². The molecule has 0 saturated carbocycles. The summed E-state index contributed by atoms with van der Waals surface area (Å²) < 4.78 is 6.52. The number of benzene rings is 1. The quantitative estimate of drug-likeness (QED) is 0.221. The first-order chi connectivity index (χ1) is 15.6. The molecule has 0 aliphatic rings. The van der Waals surface area contributed by atoms with Crippen molar-refractivity contribution < 1.29 is 14.6 Å². The molecule has 0 aliphatic carbocycles. The minimum atomic E-state index is -0.905. The number of carboxylic acids is 1. The van der Waals surface area contributed by atoms with Gasteiger partial charge in [-0.2, -0.15) is 0 Å². The molecule has 0 unspecified atom stereocenters. The van der Waals surface area contributed by atoms with E-state index in [-0.39, 0.29) is 5.56 Å². The van der Waals surface area contributed by atoms with Gasteiger partial charge in [0.25, 0.3) is 5.56 Å². The van der Waals surface area contributed by atoms with Crippen LogP contribution in [0, 0.1) is 12.3 Å². The third kappa shape index (κ3) is 7.08. The number of aliphatic carboxylic acids is 1. The van der Waals surface area contributed by atoms with Crippen LogP contribution < -0.4 is 15.6 Å². The summed E-state index contributed by atoms with van der Waals surface area (Å²) in [7, 11) is 0. The topological polar surface area (TPSA) is 117 Å². The normalized spacial score (nSPS) is 11.3. The van der Waals surface area contributed by atoms with Gasteiger partial charge >= 0.3 is 5.97 Å². The Labute approximate surface area is 199 Å². The molecule has 0 saturated heterocycles. The van der Waals surface area contributed by atoms with E-state index in [1.165, 1.54) is 11.8 Å². The second kappa shape index (κ2) is 11.9. The minimum absolute atomic E-state index is 0.164. The fourth-order valence-electron chi connectivity index (χ4n) is 3.20. The largest absolute Gasteiger partial charge is 0.494 e. The summed E-state index contributed by atoms with van der Waals surface area (Å²) in [6.45, 7) is 10.5. The molecule has 0 fully saturated rings. The van der Waals surface area contributed by atoms with Crippen LogP contribution in [0.2, 0.25) is 0 Å². The highest BCUT2D eigenvalue weighted by atomic mass is 32.2. The van der Waals surface area contributed by atoms with Gasteiger partial charge in [0, 0.05) is 18.0 Å². The number of nitrogens with zero attached hydrogens (tertiary/aromatic N) is 2. The molecule has 0 spiro atoms. The first kappa shape index (κ1) is 26.4. The second-order valence-corrected chi connectivity index (χ2v) is 9.89. The molecule has 1 aromatic heterocycles. The molecule has 1 heterocycles. The number of hydrogen-bond donors (Lipinski definition) is 3. The van der Waals surface area contributed by atoms with E-state index < -0.39 is 10.7 Å². The second-order valence-electron chi connectivity index (χ2n) is 8.19. The molecule has 9 heteroatoms. The Bertz CT molecular complexity index is 1030. The highest BCUT2D eigenvalue weighted by Crippen LogP contribution is 2.33. The zero-order chi connectivity index (χ0) is 24.6. The standard InChI is InChI=1S/C24H34N4O4S/c1-6-9-19(25)20-21(26-7-2)22(29)28(16(3)27-20)14-8-15-32-17-10-12-18(13-11-17)33-24(4,5)23(30)31/h10-13,25-26H,6-9,14-15H2,1-5H3,(H,30,31). The number of thioether (sulfide) groups is 1. The third-order valence-electron chi connectivity index (χ3n) is 5.01. The number of ether oxygens (including phenoxy) is 1. The van der Waals surface area contributed by atoms with Crippen LogP contribution in [0.1, 0.15) is 58.5 Å². The van der Waals surface area contributed by atoms with Crippen molar-refractivity contribution in [3.63, 3.8) is 0 Å². The molecular weight excluding hydrogens is 440 g/mol. The van der Waals surface area contributed by atoms with Gasteiger partial charge in [-0.3, -0.25) is 14.2 Å². The molecule has 0 aliphatic heterocycles. The zero-order valence-corrected chi connectivity index (χ0v) is 20.8. The van der Waals surface area contributed by atoms with Crippen LogP contribution in [-0.4, -0.2) is 44.2 Å². The predicted octanol–water partition coefficient (Wildman–Crippen LogP) is 4.58. The highest BCUT2D eigenvalue weighted by Gasteiger charge is 2.28. The van der Waals surface area contributed by atoms with Gasteiger partial charge in [-0.25, -0.2) is 4.98 Å². The van der Waals surface area contributed by atoms with E-state index in [4.69, 9.17) is 10.1 Å². The number of nitrogens with one attached hydrogen (secondary N) is 2. The highest BCUT2D eigenvalue weighted by molar-refractivity contribution is 8.01. The number of hydrogen-bond acceptors (Lipinski definition) is 7. The molecule has 2 aromatic rings. The summed E-state index contributed by atoms with van der Waals surface area (Å²) in [5.74, 6) is 0.409. The van der Waals surface area contributed by atoms with E-state index in [0.29, 0.717) is 61.2 Å². The number of aromatic nitrogens is 2. The van der Waals surface area contributed by atoms with Crippen LogP contribution in [0.4, 0.5) is 5.69 Å².